The van der Waals surface area contributed by atoms with Gasteiger partial charge in [0, 0.05) is 32.1 Å². The molecule has 0 aliphatic carbocycles. The molecule has 0 radical (unpaired) electrons. The van der Waals surface area contributed by atoms with Crippen molar-refractivity contribution in [3.05, 3.63) is 48.0 Å². The van der Waals surface area contributed by atoms with Crippen molar-refractivity contribution in [3.63, 3.8) is 0 Å². The van der Waals surface area contributed by atoms with Crippen LogP contribution in [0, 0.1) is 0 Å². The Kier molecular flexibility index (Phi) is 4.94. The Hall–Kier alpha value is -2.34. The standard InChI is InChI=1S/C15H19N3O3/c1-18-9-8-16-15(18)14(17-13(19)10-20-2)11-6-4-5-7-12(11)21-3/h4-9,14H,10H2,1-3H3,(H,17,19)/t14-/m0/s1. The molecule has 6 heteroatoms. The van der Waals surface area contributed by atoms with Crippen LogP contribution in [0.1, 0.15) is 17.4 Å². The maximum atomic E-state index is 11.9. The fourth-order valence-corrected chi connectivity index (χ4v) is 2.18. The number of methoxy groups -OCH3 is 2. The maximum Gasteiger partial charge on any atom is 0.246 e. The van der Waals surface area contributed by atoms with E-state index < -0.39 is 6.04 Å². The highest BCUT2D eigenvalue weighted by molar-refractivity contribution is 5.78. The monoisotopic (exact) mass is 289 g/mol. The van der Waals surface area contributed by atoms with Crippen LogP contribution < -0.4 is 10.1 Å². The molecule has 0 unspecified atom stereocenters. The van der Waals surface area contributed by atoms with E-state index in [0.29, 0.717) is 5.75 Å². The second-order valence-electron chi connectivity index (χ2n) is 4.57. The molecule has 2 aromatic rings. The number of hydrogen-bond acceptors (Lipinski definition) is 4. The largest absolute Gasteiger partial charge is 0.496 e. The first-order chi connectivity index (χ1) is 10.2. The van der Waals surface area contributed by atoms with Gasteiger partial charge in [-0.1, -0.05) is 18.2 Å². The van der Waals surface area contributed by atoms with Crippen LogP contribution in [0.15, 0.2) is 36.7 Å². The zero-order valence-corrected chi connectivity index (χ0v) is 12.4. The summed E-state index contributed by atoms with van der Waals surface area (Å²) in [5.41, 5.74) is 0.846. The Bertz CT molecular complexity index is 610. The van der Waals surface area contributed by atoms with Crippen LogP contribution >= 0.6 is 0 Å². The summed E-state index contributed by atoms with van der Waals surface area (Å²) < 4.78 is 12.1. The number of aromatic nitrogens is 2. The van der Waals surface area contributed by atoms with Crippen molar-refractivity contribution in [2.24, 2.45) is 7.05 Å². The second kappa shape index (κ2) is 6.90. The van der Waals surface area contributed by atoms with Crippen LogP contribution in [0.4, 0.5) is 0 Å². The number of benzene rings is 1. The molecule has 0 aliphatic rings. The van der Waals surface area contributed by atoms with E-state index in [-0.39, 0.29) is 12.5 Å². The fraction of sp³-hybridized carbons (Fsp3) is 0.333. The van der Waals surface area contributed by atoms with Gasteiger partial charge >= 0.3 is 0 Å². The van der Waals surface area contributed by atoms with Crippen molar-refractivity contribution in [2.45, 2.75) is 6.04 Å². The van der Waals surface area contributed by atoms with Gasteiger partial charge in [-0.3, -0.25) is 4.79 Å². The molecule has 0 fully saturated rings. The van der Waals surface area contributed by atoms with Crippen molar-refractivity contribution in [1.82, 2.24) is 14.9 Å². The van der Waals surface area contributed by atoms with Crippen LogP contribution in [0.5, 0.6) is 5.75 Å². The maximum absolute atomic E-state index is 11.9. The first-order valence-electron chi connectivity index (χ1n) is 6.55. The third kappa shape index (κ3) is 3.41. The molecule has 2 rings (SSSR count). The topological polar surface area (TPSA) is 65.4 Å². The molecule has 0 saturated heterocycles. The Morgan fingerprint density at radius 3 is 2.76 bits per heavy atom. The van der Waals surface area contributed by atoms with E-state index in [9.17, 15) is 4.79 Å². The van der Waals surface area contributed by atoms with E-state index in [1.165, 1.54) is 7.11 Å². The zero-order valence-electron chi connectivity index (χ0n) is 12.4. The quantitative estimate of drug-likeness (QED) is 0.870. The fourth-order valence-electron chi connectivity index (χ4n) is 2.18. The highest BCUT2D eigenvalue weighted by Gasteiger charge is 2.23. The third-order valence-corrected chi connectivity index (χ3v) is 3.15. The molecule has 1 atom stereocenters. The number of amides is 1. The molecular weight excluding hydrogens is 270 g/mol. The minimum atomic E-state index is -0.399. The summed E-state index contributed by atoms with van der Waals surface area (Å²) in [6, 6.07) is 7.15. The Morgan fingerprint density at radius 1 is 1.38 bits per heavy atom. The number of carbonyl (C=O) groups excluding carboxylic acids is 1. The second-order valence-corrected chi connectivity index (χ2v) is 4.57. The number of imidazole rings is 1. The van der Waals surface area contributed by atoms with Gasteiger partial charge in [0.1, 0.15) is 24.2 Å². The number of rotatable bonds is 6. The third-order valence-electron chi connectivity index (χ3n) is 3.15. The summed E-state index contributed by atoms with van der Waals surface area (Å²) >= 11 is 0. The number of carbonyl (C=O) groups is 1. The molecular formula is C15H19N3O3. The zero-order chi connectivity index (χ0) is 15.2. The molecule has 0 saturated carbocycles. The average Bonchev–Trinajstić information content (AvgIpc) is 2.91. The van der Waals surface area contributed by atoms with E-state index in [2.05, 4.69) is 10.3 Å². The van der Waals surface area contributed by atoms with E-state index >= 15 is 0 Å². The van der Waals surface area contributed by atoms with Gasteiger partial charge in [0.25, 0.3) is 0 Å². The molecule has 6 nitrogen and oxygen atoms in total. The smallest absolute Gasteiger partial charge is 0.246 e. The van der Waals surface area contributed by atoms with Gasteiger partial charge in [0.2, 0.25) is 5.91 Å². The average molecular weight is 289 g/mol. The lowest BCUT2D eigenvalue weighted by Crippen LogP contribution is -2.33. The minimum Gasteiger partial charge on any atom is -0.496 e. The van der Waals surface area contributed by atoms with Crippen molar-refractivity contribution >= 4 is 5.91 Å². The predicted octanol–water partition coefficient (Wildman–Crippen LogP) is 1.28. The number of aryl methyl sites for hydroxylation is 1. The number of ether oxygens (including phenoxy) is 2. The predicted molar refractivity (Wildman–Crippen MR) is 78.1 cm³/mol. The molecule has 0 aliphatic heterocycles. The molecule has 0 bridgehead atoms. The highest BCUT2D eigenvalue weighted by Crippen LogP contribution is 2.28. The van der Waals surface area contributed by atoms with Crippen molar-refractivity contribution in [1.29, 1.82) is 0 Å². The summed E-state index contributed by atoms with van der Waals surface area (Å²) in [5, 5.41) is 2.92. The first kappa shape index (κ1) is 15.1. The molecule has 1 N–H and O–H groups in total. The highest BCUT2D eigenvalue weighted by atomic mass is 16.5. The van der Waals surface area contributed by atoms with E-state index in [1.54, 1.807) is 13.3 Å². The Labute approximate surface area is 123 Å². The van der Waals surface area contributed by atoms with E-state index in [4.69, 9.17) is 9.47 Å². The van der Waals surface area contributed by atoms with E-state index in [1.807, 2.05) is 42.1 Å². The van der Waals surface area contributed by atoms with E-state index in [0.717, 1.165) is 11.4 Å². The van der Waals surface area contributed by atoms with Crippen LogP contribution in [0.25, 0.3) is 0 Å². The molecule has 21 heavy (non-hydrogen) atoms. The summed E-state index contributed by atoms with van der Waals surface area (Å²) in [6.45, 7) is -0.00390. The number of para-hydroxylation sites is 1. The van der Waals surface area contributed by atoms with Crippen molar-refractivity contribution in [2.75, 3.05) is 20.8 Å². The Morgan fingerprint density at radius 2 is 2.14 bits per heavy atom. The Balaban J connectivity index is 2.40. The summed E-state index contributed by atoms with van der Waals surface area (Å²) in [6.07, 6.45) is 3.53. The molecule has 112 valence electrons. The normalized spacial score (nSPS) is 12.0. The molecule has 1 aromatic carbocycles. The number of nitrogens with one attached hydrogen (secondary N) is 1. The van der Waals surface area contributed by atoms with Gasteiger partial charge in [-0.05, 0) is 6.07 Å². The molecule has 0 spiro atoms. The van der Waals surface area contributed by atoms with Crippen molar-refractivity contribution in [3.8, 4) is 5.75 Å². The summed E-state index contributed by atoms with van der Waals surface area (Å²) in [5.74, 6) is 1.21. The lowest BCUT2D eigenvalue weighted by Gasteiger charge is -2.21. The lowest BCUT2D eigenvalue weighted by atomic mass is 10.0. The minimum absolute atomic E-state index is 0.00390. The lowest BCUT2D eigenvalue weighted by molar-refractivity contribution is -0.125. The van der Waals surface area contributed by atoms with Gasteiger partial charge in [0.15, 0.2) is 0 Å². The van der Waals surface area contributed by atoms with Crippen LogP contribution in [-0.2, 0) is 16.6 Å². The van der Waals surface area contributed by atoms with Gasteiger partial charge < -0.3 is 19.4 Å². The van der Waals surface area contributed by atoms with Gasteiger partial charge in [-0.25, -0.2) is 4.98 Å². The van der Waals surface area contributed by atoms with Gasteiger partial charge in [-0.15, -0.1) is 0 Å². The van der Waals surface area contributed by atoms with Crippen molar-refractivity contribution < 1.29 is 14.3 Å². The molecule has 1 amide bonds. The van der Waals surface area contributed by atoms with Crippen LogP contribution in [-0.4, -0.2) is 36.3 Å². The molecule has 1 heterocycles. The van der Waals surface area contributed by atoms with Gasteiger partial charge in [-0.2, -0.15) is 0 Å². The van der Waals surface area contributed by atoms with Crippen LogP contribution in [0.3, 0.4) is 0 Å². The summed E-state index contributed by atoms with van der Waals surface area (Å²) in [4.78, 5) is 16.3. The summed E-state index contributed by atoms with van der Waals surface area (Å²) in [7, 11) is 4.97. The van der Waals surface area contributed by atoms with Gasteiger partial charge in [0.05, 0.1) is 7.11 Å². The number of nitrogens with zero attached hydrogens (tertiary/aromatic N) is 2. The first-order valence-corrected chi connectivity index (χ1v) is 6.55. The van der Waals surface area contributed by atoms with Crippen LogP contribution in [0.2, 0.25) is 0 Å². The molecule has 1 aromatic heterocycles. The SMILES string of the molecule is COCC(=O)N[C@@H](c1ccccc1OC)c1nccn1C. The number of hydrogen-bond donors (Lipinski definition) is 1.